The van der Waals surface area contributed by atoms with Crippen LogP contribution < -0.4 is 0 Å². The highest BCUT2D eigenvalue weighted by molar-refractivity contribution is 5.85. The van der Waals surface area contributed by atoms with E-state index in [0.717, 1.165) is 0 Å². The van der Waals surface area contributed by atoms with E-state index in [0.29, 0.717) is 0 Å². The molecule has 0 aromatic rings. The highest BCUT2D eigenvalue weighted by Gasteiger charge is 2.28. The van der Waals surface area contributed by atoms with Gasteiger partial charge in [-0.25, -0.2) is 0 Å². The van der Waals surface area contributed by atoms with E-state index >= 15 is 0 Å². The van der Waals surface area contributed by atoms with Crippen molar-refractivity contribution in [1.82, 2.24) is 0 Å². The number of rotatable bonds is 0. The van der Waals surface area contributed by atoms with Gasteiger partial charge in [-0.3, -0.25) is 4.79 Å². The lowest BCUT2D eigenvalue weighted by Crippen LogP contribution is -2.44. The molecule has 9 heavy (non-hydrogen) atoms. The van der Waals surface area contributed by atoms with Crippen LogP contribution in [-0.4, -0.2) is 41.4 Å². The first-order valence-electron chi connectivity index (χ1n) is 2.68. The Hall–Kier alpha value is -0.450. The Morgan fingerprint density at radius 2 is 2.22 bits per heavy atom. The number of ether oxygens (including phenoxy) is 1. The Labute approximate surface area is 52.1 Å². The van der Waals surface area contributed by atoms with Gasteiger partial charge < -0.3 is 14.9 Å². The van der Waals surface area contributed by atoms with Crippen molar-refractivity contribution >= 4 is 5.78 Å². The number of aliphatic hydroxyl groups is 2. The van der Waals surface area contributed by atoms with Gasteiger partial charge in [-0.1, -0.05) is 0 Å². The van der Waals surface area contributed by atoms with Crippen molar-refractivity contribution in [2.24, 2.45) is 0 Å². The Kier molecular flexibility index (Phi) is 1.80. The van der Waals surface area contributed by atoms with Crippen LogP contribution in [0.25, 0.3) is 0 Å². The van der Waals surface area contributed by atoms with E-state index in [9.17, 15) is 4.79 Å². The van der Waals surface area contributed by atoms with E-state index in [1.165, 1.54) is 0 Å². The molecule has 1 rings (SSSR count). The van der Waals surface area contributed by atoms with Crippen molar-refractivity contribution in [3.05, 3.63) is 0 Å². The average Bonchev–Trinajstić information content (AvgIpc) is 1.83. The Morgan fingerprint density at radius 3 is 2.67 bits per heavy atom. The largest absolute Gasteiger partial charge is 0.388 e. The molecule has 0 aromatic carbocycles. The molecule has 2 atom stereocenters. The average molecular weight is 132 g/mol. The summed E-state index contributed by atoms with van der Waals surface area (Å²) in [7, 11) is 0. The van der Waals surface area contributed by atoms with E-state index < -0.39 is 18.0 Å². The van der Waals surface area contributed by atoms with Gasteiger partial charge in [0.15, 0.2) is 5.78 Å². The van der Waals surface area contributed by atoms with E-state index in [4.69, 9.17) is 10.2 Å². The molecule has 4 nitrogen and oxygen atoms in total. The Morgan fingerprint density at radius 1 is 1.56 bits per heavy atom. The molecule has 1 saturated heterocycles. The maximum atomic E-state index is 10.5. The van der Waals surface area contributed by atoms with Gasteiger partial charge in [-0.05, 0) is 0 Å². The normalized spacial score (nSPS) is 36.9. The van der Waals surface area contributed by atoms with Gasteiger partial charge in [-0.2, -0.15) is 0 Å². The fourth-order valence-corrected chi connectivity index (χ4v) is 0.671. The summed E-state index contributed by atoms with van der Waals surface area (Å²) in [5, 5.41) is 17.5. The first-order valence-corrected chi connectivity index (χ1v) is 2.68. The van der Waals surface area contributed by atoms with Crippen LogP contribution in [0.3, 0.4) is 0 Å². The number of carbonyl (C=O) groups is 1. The molecule has 0 aromatic heterocycles. The van der Waals surface area contributed by atoms with E-state index in [2.05, 4.69) is 4.74 Å². The number of hydrogen-bond acceptors (Lipinski definition) is 4. The number of aliphatic hydroxyl groups excluding tert-OH is 2. The highest BCUT2D eigenvalue weighted by Crippen LogP contribution is 2.02. The van der Waals surface area contributed by atoms with Crippen LogP contribution >= 0.6 is 0 Å². The monoisotopic (exact) mass is 132 g/mol. The van der Waals surface area contributed by atoms with E-state index in [1.54, 1.807) is 0 Å². The zero-order valence-electron chi connectivity index (χ0n) is 4.78. The molecule has 0 spiro atoms. The smallest absolute Gasteiger partial charge is 0.189 e. The number of carbonyl (C=O) groups excluding carboxylic acids is 1. The third-order valence-electron chi connectivity index (χ3n) is 1.23. The van der Waals surface area contributed by atoms with Gasteiger partial charge in [0.05, 0.1) is 6.61 Å². The summed E-state index contributed by atoms with van der Waals surface area (Å²) in [6.07, 6.45) is -2.27. The van der Waals surface area contributed by atoms with Gasteiger partial charge >= 0.3 is 0 Å². The minimum Gasteiger partial charge on any atom is -0.388 e. The summed E-state index contributed by atoms with van der Waals surface area (Å²) >= 11 is 0. The molecular formula is C5H8O4. The number of Topliss-reactive ketones (excluding diaryl/α,β-unsaturated/α-hetero) is 1. The van der Waals surface area contributed by atoms with Gasteiger partial charge in [0.2, 0.25) is 0 Å². The second-order valence-electron chi connectivity index (χ2n) is 1.99. The molecule has 2 N–H and O–H groups in total. The third-order valence-corrected chi connectivity index (χ3v) is 1.23. The second kappa shape index (κ2) is 2.43. The quantitative estimate of drug-likeness (QED) is 0.412. The maximum absolute atomic E-state index is 10.5. The molecule has 1 aliphatic rings. The SMILES string of the molecule is O=C1COCC(O)[C@H]1O. The van der Waals surface area contributed by atoms with Crippen molar-refractivity contribution in [3.8, 4) is 0 Å². The molecule has 0 amide bonds. The minimum atomic E-state index is -1.24. The lowest BCUT2D eigenvalue weighted by molar-refractivity contribution is -0.151. The van der Waals surface area contributed by atoms with Crippen molar-refractivity contribution < 1.29 is 19.7 Å². The maximum Gasteiger partial charge on any atom is 0.189 e. The van der Waals surface area contributed by atoms with Gasteiger partial charge in [0.25, 0.3) is 0 Å². The van der Waals surface area contributed by atoms with Crippen molar-refractivity contribution in [3.63, 3.8) is 0 Å². The van der Waals surface area contributed by atoms with Crippen LogP contribution in [0.4, 0.5) is 0 Å². The molecule has 1 heterocycles. The summed E-state index contributed by atoms with van der Waals surface area (Å²) in [5.74, 6) is -0.450. The predicted molar refractivity (Wildman–Crippen MR) is 27.8 cm³/mol. The van der Waals surface area contributed by atoms with Crippen molar-refractivity contribution in [2.75, 3.05) is 13.2 Å². The summed E-state index contributed by atoms with van der Waals surface area (Å²) < 4.78 is 4.60. The van der Waals surface area contributed by atoms with Crippen LogP contribution in [0, 0.1) is 0 Å². The molecule has 4 heteroatoms. The first kappa shape index (κ1) is 6.67. The molecule has 0 aliphatic carbocycles. The van der Waals surface area contributed by atoms with E-state index in [-0.39, 0.29) is 13.2 Å². The molecule has 1 fully saturated rings. The zero-order valence-corrected chi connectivity index (χ0v) is 4.78. The zero-order chi connectivity index (χ0) is 6.85. The summed E-state index contributed by atoms with van der Waals surface area (Å²) in [5.41, 5.74) is 0. The predicted octanol–water partition coefficient (Wildman–Crippen LogP) is -1.69. The molecule has 0 radical (unpaired) electrons. The van der Waals surface area contributed by atoms with E-state index in [1.807, 2.05) is 0 Å². The lowest BCUT2D eigenvalue weighted by Gasteiger charge is -2.21. The van der Waals surface area contributed by atoms with Gasteiger partial charge in [0.1, 0.15) is 18.8 Å². The van der Waals surface area contributed by atoms with Crippen LogP contribution in [0.1, 0.15) is 0 Å². The third kappa shape index (κ3) is 1.27. The number of hydrogen-bond donors (Lipinski definition) is 2. The molecule has 52 valence electrons. The van der Waals surface area contributed by atoms with Crippen molar-refractivity contribution in [2.45, 2.75) is 12.2 Å². The topological polar surface area (TPSA) is 66.8 Å². The first-order chi connectivity index (χ1) is 4.22. The molecule has 0 saturated carbocycles. The fraction of sp³-hybridized carbons (Fsp3) is 0.800. The standard InChI is InChI=1S/C5H8O4/c6-3-1-9-2-4(7)5(3)8/h3,5-6,8H,1-2H2/t3?,5-/m1/s1. The van der Waals surface area contributed by atoms with Crippen LogP contribution in [0.15, 0.2) is 0 Å². The lowest BCUT2D eigenvalue weighted by atomic mass is 10.1. The minimum absolute atomic E-state index is 0.0485. The summed E-state index contributed by atoms with van der Waals surface area (Å²) in [6, 6.07) is 0. The van der Waals surface area contributed by atoms with Crippen LogP contribution in [0.5, 0.6) is 0 Å². The van der Waals surface area contributed by atoms with Crippen LogP contribution in [-0.2, 0) is 9.53 Å². The number of ketones is 1. The molecule has 1 unspecified atom stereocenters. The summed E-state index contributed by atoms with van der Waals surface area (Å²) in [6.45, 7) is -0.0366. The fourth-order valence-electron chi connectivity index (χ4n) is 0.671. The second-order valence-corrected chi connectivity index (χ2v) is 1.99. The van der Waals surface area contributed by atoms with Crippen LogP contribution in [0.2, 0.25) is 0 Å². The highest BCUT2D eigenvalue weighted by atomic mass is 16.5. The molecular weight excluding hydrogens is 124 g/mol. The van der Waals surface area contributed by atoms with Crippen molar-refractivity contribution in [1.29, 1.82) is 0 Å². The van der Waals surface area contributed by atoms with Gasteiger partial charge in [0, 0.05) is 0 Å². The van der Waals surface area contributed by atoms with Gasteiger partial charge in [-0.15, -0.1) is 0 Å². The Bertz CT molecular complexity index is 122. The Balaban J connectivity index is 2.51. The summed E-state index contributed by atoms with van der Waals surface area (Å²) in [4.78, 5) is 10.5. The molecule has 1 aliphatic heterocycles. The molecule has 0 bridgehead atoms.